The Kier molecular flexibility index (Phi) is 4.43. The van der Waals surface area contributed by atoms with E-state index in [0.29, 0.717) is 0 Å². The molecule has 1 atom stereocenters. The summed E-state index contributed by atoms with van der Waals surface area (Å²) in [7, 11) is 3.36. The predicted octanol–water partition coefficient (Wildman–Crippen LogP) is 3.02. The smallest absolute Gasteiger partial charge is 0.119 e. The first-order valence-electron chi connectivity index (χ1n) is 7.51. The molecule has 1 aliphatic rings. The molecule has 1 unspecified atom stereocenters. The van der Waals surface area contributed by atoms with E-state index in [0.717, 1.165) is 18.7 Å². The Morgan fingerprint density at radius 1 is 1.09 bits per heavy atom. The van der Waals surface area contributed by atoms with E-state index in [1.807, 2.05) is 6.07 Å². The van der Waals surface area contributed by atoms with Crippen LogP contribution >= 0.6 is 0 Å². The zero-order chi connectivity index (χ0) is 15.5. The van der Waals surface area contributed by atoms with Gasteiger partial charge in [0.25, 0.3) is 0 Å². The van der Waals surface area contributed by atoms with Crippen LogP contribution in [0.4, 0.5) is 0 Å². The molecule has 116 valence electrons. The summed E-state index contributed by atoms with van der Waals surface area (Å²) in [5.41, 5.74) is 8.16. The van der Waals surface area contributed by atoms with E-state index < -0.39 is 0 Å². The molecule has 0 saturated carbocycles. The Balaban J connectivity index is 2.04. The van der Waals surface area contributed by atoms with Crippen molar-refractivity contribution in [2.45, 2.75) is 19.4 Å². The van der Waals surface area contributed by atoms with Gasteiger partial charge < -0.3 is 4.74 Å². The highest BCUT2D eigenvalue weighted by molar-refractivity contribution is 5.43. The molecular weight excluding hydrogens is 276 g/mol. The van der Waals surface area contributed by atoms with Gasteiger partial charge in [0.05, 0.1) is 20.3 Å². The quantitative estimate of drug-likeness (QED) is 0.880. The number of nitrogens with zero attached hydrogens (tertiary/aromatic N) is 1. The van der Waals surface area contributed by atoms with Gasteiger partial charge in [-0.2, -0.15) is 0 Å². The van der Waals surface area contributed by atoms with Crippen molar-refractivity contribution in [3.8, 4) is 5.75 Å². The van der Waals surface area contributed by atoms with Crippen LogP contribution < -0.4 is 10.3 Å². The molecule has 1 N–H and O–H groups in total. The zero-order valence-electron chi connectivity index (χ0n) is 13.3. The van der Waals surface area contributed by atoms with Gasteiger partial charge in [0.15, 0.2) is 0 Å². The Labute approximate surface area is 131 Å². The molecular formula is C18H22N2O2. The largest absolute Gasteiger partial charge is 0.497 e. The van der Waals surface area contributed by atoms with Crippen LogP contribution in [-0.2, 0) is 11.3 Å². The number of fused-ring (bicyclic) bond motifs is 1. The minimum atomic E-state index is 0.134. The fourth-order valence-corrected chi connectivity index (χ4v) is 3.05. The first kappa shape index (κ1) is 15.0. The van der Waals surface area contributed by atoms with Crippen LogP contribution in [0.1, 0.15) is 28.3 Å². The van der Waals surface area contributed by atoms with Crippen LogP contribution in [0.5, 0.6) is 5.75 Å². The Hall–Kier alpha value is -1.88. The molecule has 1 aliphatic heterocycles. The average Bonchev–Trinajstić information content (AvgIpc) is 2.55. The molecule has 22 heavy (non-hydrogen) atoms. The molecule has 0 aliphatic carbocycles. The van der Waals surface area contributed by atoms with Gasteiger partial charge in [-0.15, -0.1) is 5.59 Å². The van der Waals surface area contributed by atoms with Crippen molar-refractivity contribution in [1.82, 2.24) is 10.6 Å². The van der Waals surface area contributed by atoms with Crippen LogP contribution in [0.15, 0.2) is 42.5 Å². The van der Waals surface area contributed by atoms with E-state index in [1.165, 1.54) is 22.3 Å². The van der Waals surface area contributed by atoms with E-state index in [9.17, 15) is 0 Å². The first-order valence-corrected chi connectivity index (χ1v) is 7.51. The summed E-state index contributed by atoms with van der Waals surface area (Å²) in [5.74, 6) is 0.912. The van der Waals surface area contributed by atoms with Crippen LogP contribution in [0.2, 0.25) is 0 Å². The number of hydrogen-bond donors (Lipinski definition) is 1. The second-order valence-corrected chi connectivity index (χ2v) is 5.62. The molecule has 0 saturated heterocycles. The number of aryl methyl sites for hydroxylation is 1. The van der Waals surface area contributed by atoms with Gasteiger partial charge in [-0.25, -0.2) is 5.01 Å². The third kappa shape index (κ3) is 2.86. The molecule has 0 aromatic heterocycles. The third-order valence-corrected chi connectivity index (χ3v) is 4.18. The highest BCUT2D eigenvalue weighted by Crippen LogP contribution is 2.35. The highest BCUT2D eigenvalue weighted by atomic mass is 16.7. The van der Waals surface area contributed by atoms with Crippen molar-refractivity contribution in [3.05, 3.63) is 64.7 Å². The van der Waals surface area contributed by atoms with Crippen molar-refractivity contribution in [3.63, 3.8) is 0 Å². The standard InChI is InChI=1S/C18H22N2O2/c1-13-4-6-14(7-5-13)18-17-9-8-16(21-2)12-15(17)10-11-20(18)19-22-3/h4-9,12,18-19H,10-11H2,1-3H3. The normalized spacial score (nSPS) is 18.0. The highest BCUT2D eigenvalue weighted by Gasteiger charge is 2.29. The number of hydrogen-bond acceptors (Lipinski definition) is 4. The molecule has 0 radical (unpaired) electrons. The minimum Gasteiger partial charge on any atom is -0.497 e. The fourth-order valence-electron chi connectivity index (χ4n) is 3.05. The van der Waals surface area contributed by atoms with Crippen LogP contribution in [0.3, 0.4) is 0 Å². The fraction of sp³-hybridized carbons (Fsp3) is 0.333. The van der Waals surface area contributed by atoms with Crippen LogP contribution in [0.25, 0.3) is 0 Å². The lowest BCUT2D eigenvalue weighted by molar-refractivity contribution is -0.0756. The molecule has 2 aromatic carbocycles. The van der Waals surface area contributed by atoms with Crippen LogP contribution in [0, 0.1) is 6.92 Å². The number of methoxy groups -OCH3 is 1. The summed E-state index contributed by atoms with van der Waals surface area (Å²) >= 11 is 0. The lowest BCUT2D eigenvalue weighted by Gasteiger charge is -2.37. The van der Waals surface area contributed by atoms with Gasteiger partial charge in [-0.3, -0.25) is 4.84 Å². The average molecular weight is 298 g/mol. The first-order chi connectivity index (χ1) is 10.7. The van der Waals surface area contributed by atoms with E-state index in [1.54, 1.807) is 14.2 Å². The summed E-state index contributed by atoms with van der Waals surface area (Å²) in [6, 6.07) is 15.1. The lowest BCUT2D eigenvalue weighted by Crippen LogP contribution is -2.45. The predicted molar refractivity (Wildman–Crippen MR) is 86.6 cm³/mol. The van der Waals surface area contributed by atoms with Gasteiger partial charge in [0.1, 0.15) is 5.75 Å². The topological polar surface area (TPSA) is 33.7 Å². The van der Waals surface area contributed by atoms with Gasteiger partial charge in [-0.05, 0) is 42.2 Å². The molecule has 3 rings (SSSR count). The van der Waals surface area contributed by atoms with Crippen molar-refractivity contribution >= 4 is 0 Å². The maximum atomic E-state index is 5.36. The number of nitrogens with one attached hydrogen (secondary N) is 1. The maximum Gasteiger partial charge on any atom is 0.119 e. The summed E-state index contributed by atoms with van der Waals surface area (Å²) in [5, 5.41) is 2.14. The van der Waals surface area contributed by atoms with Gasteiger partial charge in [0, 0.05) is 6.54 Å². The number of hydrazine groups is 1. The Morgan fingerprint density at radius 2 is 1.86 bits per heavy atom. The summed E-state index contributed by atoms with van der Waals surface area (Å²) in [6.45, 7) is 2.99. The van der Waals surface area contributed by atoms with E-state index in [4.69, 9.17) is 9.57 Å². The molecule has 1 heterocycles. The number of benzene rings is 2. The lowest BCUT2D eigenvalue weighted by atomic mass is 9.89. The second-order valence-electron chi connectivity index (χ2n) is 5.62. The zero-order valence-corrected chi connectivity index (χ0v) is 13.3. The molecule has 0 spiro atoms. The van der Waals surface area contributed by atoms with E-state index in [-0.39, 0.29) is 6.04 Å². The van der Waals surface area contributed by atoms with Gasteiger partial charge >= 0.3 is 0 Å². The summed E-state index contributed by atoms with van der Waals surface area (Å²) in [4.78, 5) is 5.17. The molecule has 4 nitrogen and oxygen atoms in total. The van der Waals surface area contributed by atoms with E-state index in [2.05, 4.69) is 53.9 Å². The maximum absolute atomic E-state index is 5.36. The van der Waals surface area contributed by atoms with Gasteiger partial charge in [-0.1, -0.05) is 35.9 Å². The molecule has 0 bridgehead atoms. The van der Waals surface area contributed by atoms with Crippen molar-refractivity contribution in [1.29, 1.82) is 0 Å². The summed E-state index contributed by atoms with van der Waals surface area (Å²) in [6.07, 6.45) is 0.964. The Bertz CT molecular complexity index is 640. The third-order valence-electron chi connectivity index (χ3n) is 4.18. The van der Waals surface area contributed by atoms with Gasteiger partial charge in [0.2, 0.25) is 0 Å². The molecule has 0 amide bonds. The van der Waals surface area contributed by atoms with E-state index >= 15 is 0 Å². The van der Waals surface area contributed by atoms with Crippen molar-refractivity contribution in [2.24, 2.45) is 0 Å². The molecule has 0 fully saturated rings. The van der Waals surface area contributed by atoms with Crippen LogP contribution in [-0.4, -0.2) is 25.8 Å². The SMILES string of the molecule is CONN1CCc2cc(OC)ccc2C1c1ccc(C)cc1. The summed E-state index contributed by atoms with van der Waals surface area (Å²) < 4.78 is 5.36. The molecule has 4 heteroatoms. The van der Waals surface area contributed by atoms with Crippen molar-refractivity contribution < 1.29 is 9.57 Å². The second kappa shape index (κ2) is 6.48. The monoisotopic (exact) mass is 298 g/mol. The van der Waals surface area contributed by atoms with Crippen molar-refractivity contribution in [2.75, 3.05) is 20.8 Å². The Morgan fingerprint density at radius 3 is 2.55 bits per heavy atom. The minimum absolute atomic E-state index is 0.134. The number of ether oxygens (including phenoxy) is 1. The number of rotatable bonds is 4. The molecule has 2 aromatic rings.